The lowest BCUT2D eigenvalue weighted by Crippen LogP contribution is -2.22. The van der Waals surface area contributed by atoms with Crippen LogP contribution in [0, 0.1) is 18.3 Å². The molecule has 0 fully saturated rings. The molecule has 76 valence electrons. The Morgan fingerprint density at radius 1 is 1.43 bits per heavy atom. The van der Waals surface area contributed by atoms with Gasteiger partial charge in [0.1, 0.15) is 10.9 Å². The molecule has 1 aromatic rings. The maximum absolute atomic E-state index is 8.93. The summed E-state index contributed by atoms with van der Waals surface area (Å²) in [6, 6.07) is 2.26. The summed E-state index contributed by atoms with van der Waals surface area (Å²) >= 11 is 1.55. The van der Waals surface area contributed by atoms with Crippen molar-refractivity contribution < 1.29 is 0 Å². The normalized spacial score (nSPS) is 10.5. The van der Waals surface area contributed by atoms with E-state index in [4.69, 9.17) is 5.26 Å². The van der Waals surface area contributed by atoms with Gasteiger partial charge in [0.25, 0.3) is 0 Å². The van der Waals surface area contributed by atoms with E-state index in [0.29, 0.717) is 0 Å². The van der Waals surface area contributed by atoms with Crippen LogP contribution in [0.4, 0.5) is 0 Å². The molecule has 0 aliphatic heterocycles. The van der Waals surface area contributed by atoms with Gasteiger partial charge in [-0.15, -0.1) is 11.3 Å². The van der Waals surface area contributed by atoms with Gasteiger partial charge in [0.2, 0.25) is 0 Å². The second-order valence-electron chi connectivity index (χ2n) is 3.30. The highest BCUT2D eigenvalue weighted by molar-refractivity contribution is 7.10. The number of thiophene rings is 1. The molecule has 0 saturated carbocycles. The highest BCUT2D eigenvalue weighted by Crippen LogP contribution is 2.22. The molecule has 0 amide bonds. The Morgan fingerprint density at radius 3 is 2.57 bits per heavy atom. The zero-order valence-electron chi connectivity index (χ0n) is 9.00. The topological polar surface area (TPSA) is 27.0 Å². The van der Waals surface area contributed by atoms with Gasteiger partial charge in [-0.05, 0) is 36.5 Å². The summed E-state index contributed by atoms with van der Waals surface area (Å²) in [5.74, 6) is 0. The number of rotatable bonds is 4. The third kappa shape index (κ3) is 2.34. The van der Waals surface area contributed by atoms with Crippen LogP contribution >= 0.6 is 11.3 Å². The number of nitrogens with zero attached hydrogens (tertiary/aromatic N) is 2. The summed E-state index contributed by atoms with van der Waals surface area (Å²) in [6.07, 6.45) is 0. The number of hydrogen-bond donors (Lipinski definition) is 0. The molecule has 0 spiro atoms. The minimum atomic E-state index is 0.870. The van der Waals surface area contributed by atoms with Crippen molar-refractivity contribution in [2.45, 2.75) is 27.3 Å². The van der Waals surface area contributed by atoms with Crippen LogP contribution in [0.5, 0.6) is 0 Å². The largest absolute Gasteiger partial charge is 0.300 e. The summed E-state index contributed by atoms with van der Waals surface area (Å²) in [5, 5.41) is 11.0. The van der Waals surface area contributed by atoms with Crippen LogP contribution in [-0.2, 0) is 6.54 Å². The first-order chi connectivity index (χ1) is 6.72. The van der Waals surface area contributed by atoms with Crippen molar-refractivity contribution in [3.8, 4) is 6.07 Å². The van der Waals surface area contributed by atoms with E-state index in [1.54, 1.807) is 11.3 Å². The predicted octanol–water partition coefficient (Wildman–Crippen LogP) is 2.77. The Bertz CT molecular complexity index is 332. The molecular formula is C11H16N2S. The van der Waals surface area contributed by atoms with E-state index in [1.165, 1.54) is 11.1 Å². The fraction of sp³-hybridized carbons (Fsp3) is 0.545. The van der Waals surface area contributed by atoms with Gasteiger partial charge >= 0.3 is 0 Å². The third-order valence-electron chi connectivity index (χ3n) is 2.48. The lowest BCUT2D eigenvalue weighted by atomic mass is 10.1. The van der Waals surface area contributed by atoms with E-state index in [1.807, 2.05) is 0 Å². The third-order valence-corrected chi connectivity index (χ3v) is 3.53. The summed E-state index contributed by atoms with van der Waals surface area (Å²) in [6.45, 7) is 9.36. The van der Waals surface area contributed by atoms with Crippen LogP contribution < -0.4 is 0 Å². The van der Waals surface area contributed by atoms with E-state index in [2.05, 4.69) is 37.1 Å². The van der Waals surface area contributed by atoms with E-state index in [0.717, 1.165) is 24.5 Å². The van der Waals surface area contributed by atoms with Gasteiger partial charge in [-0.25, -0.2) is 0 Å². The predicted molar refractivity (Wildman–Crippen MR) is 60.4 cm³/mol. The summed E-state index contributed by atoms with van der Waals surface area (Å²) in [4.78, 5) is 3.20. The fourth-order valence-electron chi connectivity index (χ4n) is 1.43. The Kier molecular flexibility index (Phi) is 4.12. The molecule has 1 heterocycles. The molecular weight excluding hydrogens is 192 g/mol. The standard InChI is InChI=1S/C11H16N2S/c1-4-13(5-2)7-10-9(3)8-14-11(10)6-12/h8H,4-5,7H2,1-3H3. The van der Waals surface area contributed by atoms with E-state index >= 15 is 0 Å². The van der Waals surface area contributed by atoms with Crippen LogP contribution in [0.1, 0.15) is 29.9 Å². The molecule has 0 N–H and O–H groups in total. The average molecular weight is 208 g/mol. The Labute approximate surface area is 89.8 Å². The van der Waals surface area contributed by atoms with Crippen LogP contribution in [-0.4, -0.2) is 18.0 Å². The Hall–Kier alpha value is -0.850. The van der Waals surface area contributed by atoms with Gasteiger partial charge in [-0.2, -0.15) is 5.26 Å². The van der Waals surface area contributed by atoms with Crippen LogP contribution in [0.2, 0.25) is 0 Å². The van der Waals surface area contributed by atoms with Gasteiger partial charge in [0.15, 0.2) is 0 Å². The summed E-state index contributed by atoms with van der Waals surface area (Å²) in [7, 11) is 0. The van der Waals surface area contributed by atoms with E-state index < -0.39 is 0 Å². The maximum atomic E-state index is 8.93. The van der Waals surface area contributed by atoms with Crippen molar-refractivity contribution in [2.75, 3.05) is 13.1 Å². The first kappa shape index (κ1) is 11.2. The van der Waals surface area contributed by atoms with Crippen LogP contribution in [0.3, 0.4) is 0 Å². The van der Waals surface area contributed by atoms with E-state index in [-0.39, 0.29) is 0 Å². The van der Waals surface area contributed by atoms with E-state index in [9.17, 15) is 0 Å². The highest BCUT2D eigenvalue weighted by Gasteiger charge is 2.10. The Morgan fingerprint density at radius 2 is 2.07 bits per heavy atom. The molecule has 0 atom stereocenters. The van der Waals surface area contributed by atoms with Crippen molar-refractivity contribution in [1.82, 2.24) is 4.90 Å². The van der Waals surface area contributed by atoms with Gasteiger partial charge in [0.05, 0.1) is 0 Å². The quantitative estimate of drug-likeness (QED) is 0.760. The molecule has 0 unspecified atom stereocenters. The van der Waals surface area contributed by atoms with Gasteiger partial charge in [-0.3, -0.25) is 4.90 Å². The number of aryl methyl sites for hydroxylation is 1. The fourth-order valence-corrected chi connectivity index (χ4v) is 2.29. The molecule has 1 aromatic heterocycles. The molecule has 2 nitrogen and oxygen atoms in total. The Balaban J connectivity index is 2.84. The molecule has 0 aliphatic carbocycles. The minimum absolute atomic E-state index is 0.870. The zero-order chi connectivity index (χ0) is 10.6. The van der Waals surface area contributed by atoms with Crippen molar-refractivity contribution in [3.63, 3.8) is 0 Å². The number of nitriles is 1. The zero-order valence-corrected chi connectivity index (χ0v) is 9.82. The monoisotopic (exact) mass is 208 g/mol. The van der Waals surface area contributed by atoms with Gasteiger partial charge in [-0.1, -0.05) is 13.8 Å². The van der Waals surface area contributed by atoms with Crippen molar-refractivity contribution in [3.05, 3.63) is 21.4 Å². The molecule has 0 saturated heterocycles. The van der Waals surface area contributed by atoms with Crippen molar-refractivity contribution in [2.24, 2.45) is 0 Å². The molecule has 0 bridgehead atoms. The summed E-state index contributed by atoms with van der Waals surface area (Å²) in [5.41, 5.74) is 2.46. The number of hydrogen-bond acceptors (Lipinski definition) is 3. The lowest BCUT2D eigenvalue weighted by Gasteiger charge is -2.17. The smallest absolute Gasteiger partial charge is 0.110 e. The lowest BCUT2D eigenvalue weighted by molar-refractivity contribution is 0.295. The second-order valence-corrected chi connectivity index (χ2v) is 4.18. The van der Waals surface area contributed by atoms with Gasteiger partial charge in [0, 0.05) is 6.54 Å². The highest BCUT2D eigenvalue weighted by atomic mass is 32.1. The molecule has 0 aliphatic rings. The maximum Gasteiger partial charge on any atom is 0.110 e. The summed E-state index contributed by atoms with van der Waals surface area (Å²) < 4.78 is 0. The molecule has 3 heteroatoms. The molecule has 14 heavy (non-hydrogen) atoms. The first-order valence-corrected chi connectivity index (χ1v) is 5.80. The van der Waals surface area contributed by atoms with Crippen LogP contribution in [0.15, 0.2) is 5.38 Å². The SMILES string of the molecule is CCN(CC)Cc1c(C)csc1C#N. The molecule has 1 rings (SSSR count). The average Bonchev–Trinajstić information content (AvgIpc) is 2.56. The minimum Gasteiger partial charge on any atom is -0.300 e. The first-order valence-electron chi connectivity index (χ1n) is 4.92. The second kappa shape index (κ2) is 5.14. The molecule has 0 aromatic carbocycles. The molecule has 0 radical (unpaired) electrons. The van der Waals surface area contributed by atoms with Gasteiger partial charge < -0.3 is 0 Å². The van der Waals surface area contributed by atoms with Crippen LogP contribution in [0.25, 0.3) is 0 Å². The van der Waals surface area contributed by atoms with Crippen molar-refractivity contribution >= 4 is 11.3 Å². The van der Waals surface area contributed by atoms with Crippen molar-refractivity contribution in [1.29, 1.82) is 5.26 Å².